The molecule has 2 rings (SSSR count). The van der Waals surface area contributed by atoms with Gasteiger partial charge < -0.3 is 10.6 Å². The second kappa shape index (κ2) is 8.25. The number of benzene rings is 2. The van der Waals surface area contributed by atoms with Gasteiger partial charge in [0, 0.05) is 29.4 Å². The molecular weight excluding hydrogens is 368 g/mol. The van der Waals surface area contributed by atoms with E-state index in [1.807, 2.05) is 0 Å². The van der Waals surface area contributed by atoms with Crippen molar-refractivity contribution >= 4 is 34.6 Å². The molecular formula is C18H18N4O6. The highest BCUT2D eigenvalue weighted by molar-refractivity contribution is 6.05. The van der Waals surface area contributed by atoms with Gasteiger partial charge in [-0.2, -0.15) is 0 Å². The Morgan fingerprint density at radius 3 is 1.71 bits per heavy atom. The van der Waals surface area contributed by atoms with Crippen molar-refractivity contribution in [1.29, 1.82) is 0 Å². The molecule has 10 heteroatoms. The van der Waals surface area contributed by atoms with E-state index in [9.17, 15) is 29.8 Å². The van der Waals surface area contributed by atoms with Gasteiger partial charge in [-0.25, -0.2) is 0 Å². The topological polar surface area (TPSA) is 144 Å². The van der Waals surface area contributed by atoms with E-state index in [0.29, 0.717) is 11.4 Å². The first-order valence-electron chi connectivity index (χ1n) is 8.26. The van der Waals surface area contributed by atoms with Crippen LogP contribution in [0.15, 0.2) is 36.4 Å². The van der Waals surface area contributed by atoms with Crippen molar-refractivity contribution in [3.63, 3.8) is 0 Å². The van der Waals surface area contributed by atoms with E-state index in [-0.39, 0.29) is 23.0 Å². The van der Waals surface area contributed by atoms with Crippen LogP contribution in [0.3, 0.4) is 0 Å². The molecule has 2 aromatic rings. The maximum atomic E-state index is 12.4. The molecule has 0 atom stereocenters. The van der Waals surface area contributed by atoms with Gasteiger partial charge >= 0.3 is 0 Å². The highest BCUT2D eigenvalue weighted by Crippen LogP contribution is 2.29. The average Bonchev–Trinajstić information content (AvgIpc) is 2.62. The minimum atomic E-state index is -0.773. The van der Waals surface area contributed by atoms with Crippen LogP contribution < -0.4 is 10.6 Å². The maximum Gasteiger partial charge on any atom is 0.279 e. The minimum absolute atomic E-state index is 0.128. The molecule has 0 bridgehead atoms. The zero-order chi connectivity index (χ0) is 21.0. The Kier molecular flexibility index (Phi) is 6.04. The van der Waals surface area contributed by atoms with E-state index in [0.717, 1.165) is 12.1 Å². The van der Waals surface area contributed by atoms with Crippen LogP contribution in [0.1, 0.15) is 29.8 Å². The van der Waals surface area contributed by atoms with Crippen LogP contribution in [-0.4, -0.2) is 21.7 Å². The van der Waals surface area contributed by atoms with E-state index in [1.54, 1.807) is 26.0 Å². The van der Waals surface area contributed by atoms with Crippen LogP contribution in [0.25, 0.3) is 0 Å². The number of amides is 2. The Balaban J connectivity index is 2.24. The molecule has 2 amide bonds. The van der Waals surface area contributed by atoms with Crippen LogP contribution in [0, 0.1) is 33.1 Å². The fourth-order valence-corrected chi connectivity index (χ4v) is 2.32. The van der Waals surface area contributed by atoms with E-state index < -0.39 is 27.1 Å². The highest BCUT2D eigenvalue weighted by Gasteiger charge is 2.25. The Hall–Kier alpha value is -3.82. The van der Waals surface area contributed by atoms with Crippen LogP contribution in [0.2, 0.25) is 0 Å². The molecule has 0 aliphatic carbocycles. The summed E-state index contributed by atoms with van der Waals surface area (Å²) in [6.07, 6.45) is 0. The first kappa shape index (κ1) is 20.5. The molecule has 0 radical (unpaired) electrons. The van der Waals surface area contributed by atoms with Gasteiger partial charge in [-0.05, 0) is 31.2 Å². The molecule has 146 valence electrons. The summed E-state index contributed by atoms with van der Waals surface area (Å²) in [5, 5.41) is 27.5. The predicted molar refractivity (Wildman–Crippen MR) is 102 cm³/mol. The lowest BCUT2D eigenvalue weighted by molar-refractivity contribution is -0.395. The Bertz CT molecular complexity index is 918. The highest BCUT2D eigenvalue weighted by atomic mass is 16.6. The Labute approximate surface area is 159 Å². The standard InChI is InChI=1S/C18H18N4O6/c1-10(2)17(23)19-13-4-6-14(7-5-13)20-18(24)12-8-15(21(25)26)11(3)16(9-12)22(27)28/h4-10H,1-3H3,(H,19,23)(H,20,24). The van der Waals surface area contributed by atoms with Gasteiger partial charge in [-0.3, -0.25) is 29.8 Å². The lowest BCUT2D eigenvalue weighted by Crippen LogP contribution is -2.17. The summed E-state index contributed by atoms with van der Waals surface area (Å²) < 4.78 is 0. The third-order valence-electron chi connectivity index (χ3n) is 3.94. The second-order valence-corrected chi connectivity index (χ2v) is 6.33. The maximum absolute atomic E-state index is 12.4. The predicted octanol–water partition coefficient (Wildman–Crippen LogP) is 3.66. The average molecular weight is 386 g/mol. The fourth-order valence-electron chi connectivity index (χ4n) is 2.32. The molecule has 2 N–H and O–H groups in total. The zero-order valence-corrected chi connectivity index (χ0v) is 15.4. The summed E-state index contributed by atoms with van der Waals surface area (Å²) in [5.74, 6) is -1.08. The monoisotopic (exact) mass is 386 g/mol. The summed E-state index contributed by atoms with van der Waals surface area (Å²) in [4.78, 5) is 44.8. The van der Waals surface area contributed by atoms with Gasteiger partial charge in [0.2, 0.25) is 5.91 Å². The van der Waals surface area contributed by atoms with Crippen molar-refractivity contribution in [3.05, 3.63) is 67.8 Å². The van der Waals surface area contributed by atoms with E-state index >= 15 is 0 Å². The van der Waals surface area contributed by atoms with Gasteiger partial charge in [0.15, 0.2) is 0 Å². The smallest absolute Gasteiger partial charge is 0.279 e. The van der Waals surface area contributed by atoms with Gasteiger partial charge in [-0.15, -0.1) is 0 Å². The SMILES string of the molecule is Cc1c([N+](=O)[O-])cc(C(=O)Nc2ccc(NC(=O)C(C)C)cc2)cc1[N+](=O)[O-]. The van der Waals surface area contributed by atoms with E-state index in [2.05, 4.69) is 10.6 Å². The molecule has 0 aliphatic rings. The van der Waals surface area contributed by atoms with Crippen LogP contribution >= 0.6 is 0 Å². The number of nitro benzene ring substituents is 2. The van der Waals surface area contributed by atoms with Crippen LogP contribution in [0.4, 0.5) is 22.7 Å². The van der Waals surface area contributed by atoms with Gasteiger partial charge in [0.05, 0.1) is 15.4 Å². The fraction of sp³-hybridized carbons (Fsp3) is 0.222. The first-order valence-corrected chi connectivity index (χ1v) is 8.26. The number of hydrogen-bond acceptors (Lipinski definition) is 6. The number of carbonyl (C=O) groups is 2. The molecule has 0 aliphatic heterocycles. The van der Waals surface area contributed by atoms with Crippen molar-refractivity contribution in [2.75, 3.05) is 10.6 Å². The molecule has 0 unspecified atom stereocenters. The lowest BCUT2D eigenvalue weighted by atomic mass is 10.1. The molecule has 10 nitrogen and oxygen atoms in total. The normalized spacial score (nSPS) is 10.4. The van der Waals surface area contributed by atoms with Crippen molar-refractivity contribution in [2.45, 2.75) is 20.8 Å². The number of rotatable bonds is 6. The number of hydrogen-bond donors (Lipinski definition) is 2. The zero-order valence-electron chi connectivity index (χ0n) is 15.4. The van der Waals surface area contributed by atoms with Gasteiger partial charge in [-0.1, -0.05) is 13.8 Å². The molecule has 0 aromatic heterocycles. The summed E-state index contributed by atoms with van der Waals surface area (Å²) in [6, 6.07) is 8.21. The van der Waals surface area contributed by atoms with Crippen molar-refractivity contribution in [3.8, 4) is 0 Å². The number of nitro groups is 2. The van der Waals surface area contributed by atoms with Crippen LogP contribution in [0.5, 0.6) is 0 Å². The molecule has 28 heavy (non-hydrogen) atoms. The third-order valence-corrected chi connectivity index (χ3v) is 3.94. The van der Waals surface area contributed by atoms with Crippen molar-refractivity contribution in [1.82, 2.24) is 0 Å². The van der Waals surface area contributed by atoms with Crippen molar-refractivity contribution in [2.24, 2.45) is 5.92 Å². The molecule has 0 fully saturated rings. The minimum Gasteiger partial charge on any atom is -0.326 e. The quantitative estimate of drug-likeness (QED) is 0.572. The van der Waals surface area contributed by atoms with Crippen molar-refractivity contribution < 1.29 is 19.4 Å². The lowest BCUT2D eigenvalue weighted by Gasteiger charge is -2.10. The third kappa shape index (κ3) is 4.67. The summed E-state index contributed by atoms with van der Waals surface area (Å²) >= 11 is 0. The molecule has 2 aromatic carbocycles. The van der Waals surface area contributed by atoms with E-state index in [1.165, 1.54) is 19.1 Å². The van der Waals surface area contributed by atoms with E-state index in [4.69, 9.17) is 0 Å². The van der Waals surface area contributed by atoms with Gasteiger partial charge in [0.25, 0.3) is 17.3 Å². The Morgan fingerprint density at radius 1 is 0.893 bits per heavy atom. The van der Waals surface area contributed by atoms with Gasteiger partial charge in [0.1, 0.15) is 5.56 Å². The molecule has 0 saturated heterocycles. The number of nitrogens with one attached hydrogen (secondary N) is 2. The largest absolute Gasteiger partial charge is 0.326 e. The first-order chi connectivity index (χ1) is 13.1. The number of nitrogens with zero attached hydrogens (tertiary/aromatic N) is 2. The second-order valence-electron chi connectivity index (χ2n) is 6.33. The summed E-state index contributed by atoms with van der Waals surface area (Å²) in [5.41, 5.74) is -0.452. The molecule has 0 heterocycles. The van der Waals surface area contributed by atoms with Crippen LogP contribution in [-0.2, 0) is 4.79 Å². The number of anilines is 2. The summed E-state index contributed by atoms with van der Waals surface area (Å²) in [6.45, 7) is 4.76. The molecule has 0 spiro atoms. The summed E-state index contributed by atoms with van der Waals surface area (Å²) in [7, 11) is 0. The number of carbonyl (C=O) groups excluding carboxylic acids is 2. The molecule has 0 saturated carbocycles. The Morgan fingerprint density at radius 2 is 1.32 bits per heavy atom.